The standard InChI is InChI=1S/C23H21FN2O4S/c1-12-8-9-13(2)17(10-12)25-21(28)19-14(3)18(23(29)30-4)22(31-19)26-20(27)15-6-5-7-16(24)11-15/h5-11H,1-4H3,(H,25,28)(H,26,27). The molecular formula is C23H21FN2O4S. The number of amides is 2. The number of ether oxygens (including phenoxy) is 1. The van der Waals surface area contributed by atoms with Crippen molar-refractivity contribution in [3.8, 4) is 0 Å². The van der Waals surface area contributed by atoms with Gasteiger partial charge in [-0.25, -0.2) is 9.18 Å². The van der Waals surface area contributed by atoms with Crippen LogP contribution in [0.15, 0.2) is 42.5 Å². The molecule has 2 aromatic carbocycles. The largest absolute Gasteiger partial charge is 0.465 e. The lowest BCUT2D eigenvalue weighted by Gasteiger charge is -2.09. The van der Waals surface area contributed by atoms with Gasteiger partial charge in [0.1, 0.15) is 10.8 Å². The van der Waals surface area contributed by atoms with Crippen molar-refractivity contribution in [2.75, 3.05) is 17.7 Å². The molecule has 0 bridgehead atoms. The Hall–Kier alpha value is -3.52. The van der Waals surface area contributed by atoms with E-state index < -0.39 is 23.6 Å². The van der Waals surface area contributed by atoms with Crippen molar-refractivity contribution in [1.29, 1.82) is 0 Å². The number of esters is 1. The molecule has 0 aliphatic carbocycles. The Morgan fingerprint density at radius 2 is 1.71 bits per heavy atom. The lowest BCUT2D eigenvalue weighted by atomic mass is 10.1. The zero-order valence-corrected chi connectivity index (χ0v) is 18.3. The van der Waals surface area contributed by atoms with Gasteiger partial charge in [-0.3, -0.25) is 9.59 Å². The molecule has 0 radical (unpaired) electrons. The minimum absolute atomic E-state index is 0.0863. The number of hydrogen-bond acceptors (Lipinski definition) is 5. The van der Waals surface area contributed by atoms with E-state index in [1.807, 2.05) is 32.0 Å². The number of anilines is 2. The van der Waals surface area contributed by atoms with Crippen LogP contribution in [0.5, 0.6) is 0 Å². The highest BCUT2D eigenvalue weighted by atomic mass is 32.1. The van der Waals surface area contributed by atoms with Crippen LogP contribution in [-0.2, 0) is 4.74 Å². The molecular weight excluding hydrogens is 419 g/mol. The van der Waals surface area contributed by atoms with Gasteiger partial charge in [0.05, 0.1) is 17.6 Å². The van der Waals surface area contributed by atoms with Crippen molar-refractivity contribution >= 4 is 39.8 Å². The second-order valence-corrected chi connectivity index (χ2v) is 8.01. The first-order chi connectivity index (χ1) is 14.7. The topological polar surface area (TPSA) is 84.5 Å². The number of carbonyl (C=O) groups is 3. The van der Waals surface area contributed by atoms with Crippen LogP contribution in [0.4, 0.5) is 15.1 Å². The van der Waals surface area contributed by atoms with E-state index in [4.69, 9.17) is 4.74 Å². The first-order valence-corrected chi connectivity index (χ1v) is 10.2. The molecule has 2 N–H and O–H groups in total. The van der Waals surface area contributed by atoms with Crippen molar-refractivity contribution in [2.24, 2.45) is 0 Å². The summed E-state index contributed by atoms with van der Waals surface area (Å²) in [5.74, 6) is -2.26. The third-order valence-electron chi connectivity index (χ3n) is 4.70. The van der Waals surface area contributed by atoms with Crippen LogP contribution in [0.3, 0.4) is 0 Å². The number of methoxy groups -OCH3 is 1. The lowest BCUT2D eigenvalue weighted by Crippen LogP contribution is -2.14. The average molecular weight is 440 g/mol. The number of nitrogens with one attached hydrogen (secondary N) is 2. The Morgan fingerprint density at radius 1 is 0.968 bits per heavy atom. The Morgan fingerprint density at radius 3 is 2.39 bits per heavy atom. The van der Waals surface area contributed by atoms with Crippen molar-refractivity contribution in [2.45, 2.75) is 20.8 Å². The molecule has 0 aliphatic heterocycles. The molecule has 160 valence electrons. The summed E-state index contributed by atoms with van der Waals surface area (Å²) in [6.45, 7) is 5.40. The summed E-state index contributed by atoms with van der Waals surface area (Å²) >= 11 is 0.956. The van der Waals surface area contributed by atoms with Gasteiger partial charge in [0, 0.05) is 11.3 Å². The van der Waals surface area contributed by atoms with Crippen LogP contribution in [0.25, 0.3) is 0 Å². The molecule has 3 rings (SSSR count). The average Bonchev–Trinajstić information content (AvgIpc) is 3.06. The third-order valence-corrected chi connectivity index (χ3v) is 5.90. The summed E-state index contributed by atoms with van der Waals surface area (Å²) < 4.78 is 18.3. The molecule has 0 saturated heterocycles. The normalized spacial score (nSPS) is 10.5. The number of thiophene rings is 1. The predicted octanol–water partition coefficient (Wildman–Crippen LogP) is 5.10. The van der Waals surface area contributed by atoms with Crippen molar-refractivity contribution in [3.05, 3.63) is 81.0 Å². The fourth-order valence-corrected chi connectivity index (χ4v) is 4.11. The van der Waals surface area contributed by atoms with Crippen LogP contribution in [0.2, 0.25) is 0 Å². The van der Waals surface area contributed by atoms with Crippen LogP contribution in [-0.4, -0.2) is 24.9 Å². The fraction of sp³-hybridized carbons (Fsp3) is 0.174. The van der Waals surface area contributed by atoms with Gasteiger partial charge in [-0.2, -0.15) is 0 Å². The molecule has 1 aromatic heterocycles. The van der Waals surface area contributed by atoms with Crippen molar-refractivity contribution < 1.29 is 23.5 Å². The van der Waals surface area contributed by atoms with E-state index in [1.165, 1.54) is 25.3 Å². The van der Waals surface area contributed by atoms with Crippen LogP contribution in [0, 0.1) is 26.6 Å². The number of aryl methyl sites for hydroxylation is 2. The number of rotatable bonds is 5. The van der Waals surface area contributed by atoms with E-state index in [9.17, 15) is 18.8 Å². The molecule has 8 heteroatoms. The Balaban J connectivity index is 1.96. The molecule has 0 aliphatic rings. The molecule has 0 saturated carbocycles. The van der Waals surface area contributed by atoms with E-state index in [0.717, 1.165) is 28.5 Å². The Bertz CT molecular complexity index is 1190. The first-order valence-electron chi connectivity index (χ1n) is 9.38. The predicted molar refractivity (Wildman–Crippen MR) is 119 cm³/mol. The Kier molecular flexibility index (Phi) is 6.50. The molecule has 0 fully saturated rings. The maximum Gasteiger partial charge on any atom is 0.341 e. The van der Waals surface area contributed by atoms with Gasteiger partial charge in [0.15, 0.2) is 0 Å². The molecule has 0 unspecified atom stereocenters. The minimum Gasteiger partial charge on any atom is -0.465 e. The zero-order chi connectivity index (χ0) is 22.7. The maximum atomic E-state index is 13.5. The third kappa shape index (κ3) is 4.80. The zero-order valence-electron chi connectivity index (χ0n) is 17.5. The summed E-state index contributed by atoms with van der Waals surface area (Å²) in [5.41, 5.74) is 3.09. The second kappa shape index (κ2) is 9.09. The van der Waals surface area contributed by atoms with Gasteiger partial charge in [0.25, 0.3) is 11.8 Å². The van der Waals surface area contributed by atoms with Crippen molar-refractivity contribution in [1.82, 2.24) is 0 Å². The molecule has 1 heterocycles. The molecule has 0 spiro atoms. The quantitative estimate of drug-likeness (QED) is 0.541. The highest BCUT2D eigenvalue weighted by Crippen LogP contribution is 2.35. The van der Waals surface area contributed by atoms with Crippen LogP contribution in [0.1, 0.15) is 47.1 Å². The minimum atomic E-state index is -0.686. The van der Waals surface area contributed by atoms with E-state index in [0.29, 0.717) is 11.3 Å². The van der Waals surface area contributed by atoms with E-state index in [-0.39, 0.29) is 21.0 Å². The number of halogens is 1. The van der Waals surface area contributed by atoms with Gasteiger partial charge >= 0.3 is 5.97 Å². The summed E-state index contributed by atoms with van der Waals surface area (Å²) in [5, 5.41) is 5.61. The van der Waals surface area contributed by atoms with E-state index in [1.54, 1.807) is 6.92 Å². The highest BCUT2D eigenvalue weighted by molar-refractivity contribution is 7.19. The van der Waals surface area contributed by atoms with Gasteiger partial charge in [-0.05, 0) is 61.7 Å². The fourth-order valence-electron chi connectivity index (χ4n) is 3.02. The highest BCUT2D eigenvalue weighted by Gasteiger charge is 2.27. The van der Waals surface area contributed by atoms with Gasteiger partial charge in [-0.15, -0.1) is 11.3 Å². The first kappa shape index (κ1) is 22.2. The Labute approximate surface area is 183 Å². The van der Waals surface area contributed by atoms with Crippen LogP contribution >= 0.6 is 11.3 Å². The number of carbonyl (C=O) groups excluding carboxylic acids is 3. The smallest absolute Gasteiger partial charge is 0.341 e. The SMILES string of the molecule is COC(=O)c1c(NC(=O)c2cccc(F)c2)sc(C(=O)Nc2cc(C)ccc2C)c1C. The summed E-state index contributed by atoms with van der Waals surface area (Å²) in [6.07, 6.45) is 0. The van der Waals surface area contributed by atoms with Gasteiger partial charge in [0.2, 0.25) is 0 Å². The van der Waals surface area contributed by atoms with E-state index >= 15 is 0 Å². The molecule has 3 aromatic rings. The van der Waals surface area contributed by atoms with Crippen LogP contribution < -0.4 is 10.6 Å². The number of benzene rings is 2. The van der Waals surface area contributed by atoms with Gasteiger partial charge < -0.3 is 15.4 Å². The molecule has 0 atom stereocenters. The maximum absolute atomic E-state index is 13.5. The lowest BCUT2D eigenvalue weighted by molar-refractivity contribution is 0.0601. The second-order valence-electron chi connectivity index (χ2n) is 6.99. The molecule has 2 amide bonds. The number of hydrogen-bond donors (Lipinski definition) is 2. The monoisotopic (exact) mass is 440 g/mol. The van der Waals surface area contributed by atoms with E-state index in [2.05, 4.69) is 10.6 Å². The van der Waals surface area contributed by atoms with Crippen molar-refractivity contribution in [3.63, 3.8) is 0 Å². The van der Waals surface area contributed by atoms with Gasteiger partial charge in [-0.1, -0.05) is 18.2 Å². The summed E-state index contributed by atoms with van der Waals surface area (Å²) in [7, 11) is 1.22. The summed E-state index contributed by atoms with van der Waals surface area (Å²) in [6, 6.07) is 10.9. The molecule has 6 nitrogen and oxygen atoms in total. The molecule has 31 heavy (non-hydrogen) atoms. The summed E-state index contributed by atoms with van der Waals surface area (Å²) in [4.78, 5) is 38.2.